The monoisotopic (exact) mass is 230 g/mol. The van der Waals surface area contributed by atoms with Crippen molar-refractivity contribution in [3.05, 3.63) is 12.3 Å². The van der Waals surface area contributed by atoms with Crippen LogP contribution in [-0.2, 0) is 19.4 Å². The average molecular weight is 230 g/mol. The molecule has 0 aliphatic carbocycles. The summed E-state index contributed by atoms with van der Waals surface area (Å²) in [5.41, 5.74) is -0.458. The maximum atomic E-state index is 11.4. The molecule has 7 heteroatoms. The first-order chi connectivity index (χ1) is 6.88. The van der Waals surface area contributed by atoms with Crippen molar-refractivity contribution >= 4 is 27.2 Å². The standard InChI is InChI=1S/C8H10N2O4S/c1-14-8(11)6-7(15(2,12)13)5(9)3-4-10-6/h3-4,7,9H,1-2H3. The molecule has 15 heavy (non-hydrogen) atoms. The van der Waals surface area contributed by atoms with E-state index in [1.807, 2.05) is 0 Å². The minimum absolute atomic E-state index is 0.187. The second-order valence-electron chi connectivity index (χ2n) is 2.99. The number of hydrogen-bond donors (Lipinski definition) is 1. The van der Waals surface area contributed by atoms with Gasteiger partial charge in [0.05, 0.1) is 12.8 Å². The van der Waals surface area contributed by atoms with Gasteiger partial charge in [-0.3, -0.25) is 4.99 Å². The van der Waals surface area contributed by atoms with Crippen LogP contribution >= 0.6 is 0 Å². The molecule has 1 aliphatic heterocycles. The van der Waals surface area contributed by atoms with Crippen molar-refractivity contribution in [1.82, 2.24) is 0 Å². The maximum Gasteiger partial charge on any atom is 0.354 e. The number of sulfone groups is 1. The van der Waals surface area contributed by atoms with E-state index in [-0.39, 0.29) is 11.4 Å². The highest BCUT2D eigenvalue weighted by Crippen LogP contribution is 2.11. The van der Waals surface area contributed by atoms with Crippen molar-refractivity contribution in [3.8, 4) is 0 Å². The van der Waals surface area contributed by atoms with Gasteiger partial charge in [-0.1, -0.05) is 0 Å². The molecule has 0 aromatic heterocycles. The third kappa shape index (κ3) is 2.30. The Hall–Kier alpha value is -1.50. The summed E-state index contributed by atoms with van der Waals surface area (Å²) >= 11 is 0. The molecule has 1 N–H and O–H groups in total. The van der Waals surface area contributed by atoms with Crippen molar-refractivity contribution in [2.45, 2.75) is 5.25 Å². The summed E-state index contributed by atoms with van der Waals surface area (Å²) in [4.78, 5) is 14.9. The minimum Gasteiger partial charge on any atom is -0.464 e. The van der Waals surface area contributed by atoms with Crippen molar-refractivity contribution < 1.29 is 17.9 Å². The molecule has 0 spiro atoms. The molecule has 0 aromatic carbocycles. The van der Waals surface area contributed by atoms with E-state index < -0.39 is 21.1 Å². The van der Waals surface area contributed by atoms with E-state index >= 15 is 0 Å². The van der Waals surface area contributed by atoms with Crippen LogP contribution in [0.1, 0.15) is 0 Å². The number of ether oxygens (including phenoxy) is 1. The van der Waals surface area contributed by atoms with Gasteiger partial charge in [-0.15, -0.1) is 0 Å². The van der Waals surface area contributed by atoms with Gasteiger partial charge >= 0.3 is 5.97 Å². The number of rotatable bonds is 2. The minimum atomic E-state index is -3.59. The second-order valence-corrected chi connectivity index (χ2v) is 5.12. The lowest BCUT2D eigenvalue weighted by Crippen LogP contribution is -2.42. The van der Waals surface area contributed by atoms with Crippen molar-refractivity contribution in [3.63, 3.8) is 0 Å². The number of nitrogens with zero attached hydrogens (tertiary/aromatic N) is 1. The molecule has 0 fully saturated rings. The summed E-state index contributed by atoms with van der Waals surface area (Å²) in [5.74, 6) is -0.834. The highest BCUT2D eigenvalue weighted by Gasteiger charge is 2.36. The van der Waals surface area contributed by atoms with Crippen molar-refractivity contribution in [1.29, 1.82) is 5.41 Å². The van der Waals surface area contributed by atoms with Gasteiger partial charge in [-0.2, -0.15) is 0 Å². The van der Waals surface area contributed by atoms with E-state index in [9.17, 15) is 13.2 Å². The third-order valence-electron chi connectivity index (χ3n) is 1.82. The zero-order valence-corrected chi connectivity index (χ0v) is 9.04. The van der Waals surface area contributed by atoms with Crippen LogP contribution in [0, 0.1) is 5.41 Å². The van der Waals surface area contributed by atoms with Gasteiger partial charge in [0.25, 0.3) is 0 Å². The maximum absolute atomic E-state index is 11.4. The quantitative estimate of drug-likeness (QED) is 0.650. The molecule has 1 heterocycles. The molecule has 0 bridgehead atoms. The molecule has 82 valence electrons. The first-order valence-electron chi connectivity index (χ1n) is 3.97. The normalized spacial score (nSPS) is 21.1. The van der Waals surface area contributed by atoms with Crippen LogP contribution in [0.15, 0.2) is 17.3 Å². The molecule has 1 unspecified atom stereocenters. The lowest BCUT2D eigenvalue weighted by atomic mass is 10.1. The number of carbonyl (C=O) groups excluding carboxylic acids is 1. The summed E-state index contributed by atoms with van der Waals surface area (Å²) < 4.78 is 27.1. The number of hydrogen-bond acceptors (Lipinski definition) is 6. The van der Waals surface area contributed by atoms with E-state index in [0.717, 1.165) is 13.4 Å². The molecular formula is C8H10N2O4S. The van der Waals surface area contributed by atoms with Gasteiger partial charge in [0.2, 0.25) is 0 Å². The van der Waals surface area contributed by atoms with E-state index in [0.29, 0.717) is 0 Å². The Morgan fingerprint density at radius 3 is 2.67 bits per heavy atom. The molecule has 0 amide bonds. The lowest BCUT2D eigenvalue weighted by Gasteiger charge is -2.17. The molecule has 0 saturated heterocycles. The Balaban J connectivity index is 3.23. The number of nitrogens with one attached hydrogen (secondary N) is 1. The Kier molecular flexibility index (Phi) is 3.04. The van der Waals surface area contributed by atoms with Gasteiger partial charge in [-0.25, -0.2) is 13.2 Å². The summed E-state index contributed by atoms with van der Waals surface area (Å²) in [6.07, 6.45) is 3.39. The largest absolute Gasteiger partial charge is 0.464 e. The van der Waals surface area contributed by atoms with Crippen LogP contribution in [0.2, 0.25) is 0 Å². The topological polar surface area (TPSA) is 96.7 Å². The fraction of sp³-hybridized carbons (Fsp3) is 0.375. The van der Waals surface area contributed by atoms with Crippen LogP contribution in [0.5, 0.6) is 0 Å². The Bertz CT molecular complexity index is 461. The van der Waals surface area contributed by atoms with Gasteiger partial charge in [0, 0.05) is 12.5 Å². The number of carbonyl (C=O) groups is 1. The number of esters is 1. The lowest BCUT2D eigenvalue weighted by molar-refractivity contribution is -0.132. The number of methoxy groups -OCH3 is 1. The van der Waals surface area contributed by atoms with E-state index in [1.54, 1.807) is 0 Å². The summed E-state index contributed by atoms with van der Waals surface area (Å²) in [6.45, 7) is 0. The van der Waals surface area contributed by atoms with E-state index in [4.69, 9.17) is 5.41 Å². The highest BCUT2D eigenvalue weighted by molar-refractivity contribution is 7.93. The van der Waals surface area contributed by atoms with Crippen LogP contribution in [0.25, 0.3) is 0 Å². The van der Waals surface area contributed by atoms with Crippen LogP contribution in [0.4, 0.5) is 0 Å². The second kappa shape index (κ2) is 3.93. The molecule has 0 aromatic rings. The van der Waals surface area contributed by atoms with Crippen LogP contribution in [-0.4, -0.2) is 44.4 Å². The fourth-order valence-electron chi connectivity index (χ4n) is 1.20. The zero-order valence-electron chi connectivity index (χ0n) is 8.22. The smallest absolute Gasteiger partial charge is 0.354 e. The predicted molar refractivity (Wildman–Crippen MR) is 54.9 cm³/mol. The summed E-state index contributed by atoms with van der Waals surface area (Å²) in [7, 11) is -2.46. The molecule has 1 aliphatic rings. The Morgan fingerprint density at radius 2 is 2.20 bits per heavy atom. The SMILES string of the molecule is COC(=O)C1=NC=CC(=N)C1S(C)(=O)=O. The summed E-state index contributed by atoms with van der Waals surface area (Å²) in [5, 5.41) is 6.12. The Labute approximate surface area is 87.1 Å². The number of allylic oxidation sites excluding steroid dienone is 1. The average Bonchev–Trinajstić information content (AvgIpc) is 2.14. The molecule has 1 atom stereocenters. The van der Waals surface area contributed by atoms with Crippen molar-refractivity contribution in [2.24, 2.45) is 4.99 Å². The van der Waals surface area contributed by atoms with E-state index in [2.05, 4.69) is 9.73 Å². The molecule has 0 radical (unpaired) electrons. The van der Waals surface area contributed by atoms with Gasteiger partial charge in [-0.05, 0) is 6.08 Å². The fourth-order valence-corrected chi connectivity index (χ4v) is 2.30. The van der Waals surface area contributed by atoms with Crippen molar-refractivity contribution in [2.75, 3.05) is 13.4 Å². The highest BCUT2D eigenvalue weighted by atomic mass is 32.2. The molecular weight excluding hydrogens is 220 g/mol. The molecule has 6 nitrogen and oxygen atoms in total. The van der Waals surface area contributed by atoms with Crippen LogP contribution in [0.3, 0.4) is 0 Å². The zero-order chi connectivity index (χ0) is 11.6. The first kappa shape index (κ1) is 11.6. The van der Waals surface area contributed by atoms with Gasteiger partial charge in [0.15, 0.2) is 15.1 Å². The van der Waals surface area contributed by atoms with Gasteiger partial charge in [0.1, 0.15) is 5.71 Å². The Morgan fingerprint density at radius 1 is 1.60 bits per heavy atom. The first-order valence-corrected chi connectivity index (χ1v) is 5.93. The molecule has 0 saturated carbocycles. The van der Waals surface area contributed by atoms with Crippen LogP contribution < -0.4 is 0 Å². The van der Waals surface area contributed by atoms with Gasteiger partial charge < -0.3 is 10.1 Å². The predicted octanol–water partition coefficient (Wildman–Crippen LogP) is -0.439. The van der Waals surface area contributed by atoms with E-state index in [1.165, 1.54) is 12.3 Å². The summed E-state index contributed by atoms with van der Waals surface area (Å²) in [6, 6.07) is 0. The molecule has 1 rings (SSSR count). The number of aliphatic imine (C=N–C) groups is 1. The third-order valence-corrected chi connectivity index (χ3v) is 3.15.